The van der Waals surface area contributed by atoms with Gasteiger partial charge in [-0.1, -0.05) is 17.7 Å². The van der Waals surface area contributed by atoms with Crippen molar-refractivity contribution >= 4 is 34.9 Å². The quantitative estimate of drug-likeness (QED) is 0.865. The van der Waals surface area contributed by atoms with Crippen LogP contribution in [-0.2, 0) is 11.3 Å². The molecule has 0 saturated heterocycles. The summed E-state index contributed by atoms with van der Waals surface area (Å²) in [6.45, 7) is 4.25. The Kier molecular flexibility index (Phi) is 6.14. The zero-order chi connectivity index (χ0) is 17.5. The monoisotopic (exact) mass is 346 g/mol. The number of nitrogens with zero attached hydrogens (tertiary/aromatic N) is 2. The van der Waals surface area contributed by atoms with Gasteiger partial charge in [-0.05, 0) is 37.3 Å². The summed E-state index contributed by atoms with van der Waals surface area (Å²) in [5, 5.41) is 5.77. The number of urea groups is 1. The van der Waals surface area contributed by atoms with Gasteiger partial charge in [0, 0.05) is 25.4 Å². The van der Waals surface area contributed by atoms with Gasteiger partial charge in [0.2, 0.25) is 5.91 Å². The van der Waals surface area contributed by atoms with Crippen LogP contribution in [0.1, 0.15) is 19.5 Å². The molecule has 2 aromatic rings. The minimum atomic E-state index is -0.266. The molecule has 7 heteroatoms. The zero-order valence-electron chi connectivity index (χ0n) is 13.5. The molecule has 3 amide bonds. The van der Waals surface area contributed by atoms with Gasteiger partial charge >= 0.3 is 6.03 Å². The number of pyridine rings is 1. The highest BCUT2D eigenvalue weighted by Gasteiger charge is 2.14. The van der Waals surface area contributed by atoms with Crippen molar-refractivity contribution in [1.82, 2.24) is 9.88 Å². The van der Waals surface area contributed by atoms with Crippen LogP contribution in [0.15, 0.2) is 42.6 Å². The van der Waals surface area contributed by atoms with Crippen molar-refractivity contribution in [3.8, 4) is 0 Å². The van der Waals surface area contributed by atoms with E-state index in [4.69, 9.17) is 11.6 Å². The summed E-state index contributed by atoms with van der Waals surface area (Å²) in [4.78, 5) is 29.3. The fourth-order valence-corrected chi connectivity index (χ4v) is 2.33. The fourth-order valence-electron chi connectivity index (χ4n) is 2.11. The highest BCUT2D eigenvalue weighted by Crippen LogP contribution is 2.26. The summed E-state index contributed by atoms with van der Waals surface area (Å²) < 4.78 is 0. The lowest BCUT2D eigenvalue weighted by molar-refractivity contribution is -0.114. The molecular weight excluding hydrogens is 328 g/mol. The van der Waals surface area contributed by atoms with E-state index < -0.39 is 0 Å². The van der Waals surface area contributed by atoms with Gasteiger partial charge < -0.3 is 15.5 Å². The van der Waals surface area contributed by atoms with E-state index in [9.17, 15) is 9.59 Å². The molecule has 0 unspecified atom stereocenters. The molecule has 1 aromatic carbocycles. The molecule has 0 radical (unpaired) electrons. The second kappa shape index (κ2) is 8.31. The number of nitrogens with one attached hydrogen (secondary N) is 2. The number of halogens is 1. The third-order valence-electron chi connectivity index (χ3n) is 3.28. The van der Waals surface area contributed by atoms with Crippen molar-refractivity contribution in [2.75, 3.05) is 17.2 Å². The maximum absolute atomic E-state index is 12.4. The van der Waals surface area contributed by atoms with Crippen molar-refractivity contribution in [3.05, 3.63) is 53.3 Å². The van der Waals surface area contributed by atoms with Crippen molar-refractivity contribution in [3.63, 3.8) is 0 Å². The first-order valence-electron chi connectivity index (χ1n) is 7.52. The van der Waals surface area contributed by atoms with Crippen LogP contribution in [-0.4, -0.2) is 28.4 Å². The Morgan fingerprint density at radius 2 is 2.00 bits per heavy atom. The van der Waals surface area contributed by atoms with Gasteiger partial charge in [-0.3, -0.25) is 9.78 Å². The van der Waals surface area contributed by atoms with E-state index in [1.165, 1.54) is 6.92 Å². The Morgan fingerprint density at radius 3 is 2.58 bits per heavy atom. The van der Waals surface area contributed by atoms with Crippen molar-refractivity contribution < 1.29 is 9.59 Å². The molecule has 0 fully saturated rings. The number of rotatable bonds is 5. The predicted octanol–water partition coefficient (Wildman–Crippen LogP) is 3.75. The second-order valence-electron chi connectivity index (χ2n) is 5.14. The van der Waals surface area contributed by atoms with Gasteiger partial charge in [0.1, 0.15) is 0 Å². The predicted molar refractivity (Wildman–Crippen MR) is 95.1 cm³/mol. The molecule has 1 aromatic heterocycles. The van der Waals surface area contributed by atoms with E-state index in [1.807, 2.05) is 25.1 Å². The van der Waals surface area contributed by atoms with Crippen LogP contribution in [0.25, 0.3) is 0 Å². The van der Waals surface area contributed by atoms with Crippen LogP contribution in [0, 0.1) is 0 Å². The average molecular weight is 347 g/mol. The molecule has 0 spiro atoms. The molecule has 0 aliphatic carbocycles. The molecule has 24 heavy (non-hydrogen) atoms. The fraction of sp³-hybridized carbons (Fsp3) is 0.235. The highest BCUT2D eigenvalue weighted by atomic mass is 35.5. The van der Waals surface area contributed by atoms with Gasteiger partial charge in [-0.15, -0.1) is 0 Å². The highest BCUT2D eigenvalue weighted by molar-refractivity contribution is 6.34. The van der Waals surface area contributed by atoms with Gasteiger partial charge in [0.25, 0.3) is 0 Å². The standard InChI is InChI=1S/C17H19ClN4O2/c1-3-22(11-14-6-4-5-9-19-14)17(24)21-16-8-7-13(10-15(16)18)20-12(2)23/h4-10H,3,11H2,1-2H3,(H,20,23)(H,21,24). The molecule has 0 aliphatic rings. The molecule has 0 bridgehead atoms. The third-order valence-corrected chi connectivity index (χ3v) is 3.59. The maximum Gasteiger partial charge on any atom is 0.322 e. The lowest BCUT2D eigenvalue weighted by Crippen LogP contribution is -2.34. The number of carbonyl (C=O) groups is 2. The van der Waals surface area contributed by atoms with E-state index in [1.54, 1.807) is 29.3 Å². The van der Waals surface area contributed by atoms with E-state index in [-0.39, 0.29) is 11.9 Å². The normalized spacial score (nSPS) is 10.1. The minimum Gasteiger partial charge on any atom is -0.326 e. The molecule has 1 heterocycles. The average Bonchev–Trinajstić information content (AvgIpc) is 2.55. The van der Waals surface area contributed by atoms with Crippen molar-refractivity contribution in [2.45, 2.75) is 20.4 Å². The SMILES string of the molecule is CCN(Cc1ccccn1)C(=O)Nc1ccc(NC(C)=O)cc1Cl. The van der Waals surface area contributed by atoms with Gasteiger partial charge in [0.15, 0.2) is 0 Å². The summed E-state index contributed by atoms with van der Waals surface area (Å²) in [6, 6.07) is 10.2. The minimum absolute atomic E-state index is 0.185. The Hall–Kier alpha value is -2.60. The number of benzene rings is 1. The summed E-state index contributed by atoms with van der Waals surface area (Å²) in [7, 11) is 0. The number of carbonyl (C=O) groups excluding carboxylic acids is 2. The molecular formula is C17H19ClN4O2. The molecule has 0 saturated carbocycles. The van der Waals surface area contributed by atoms with Crippen LogP contribution in [0.4, 0.5) is 16.2 Å². The Morgan fingerprint density at radius 1 is 1.21 bits per heavy atom. The number of amides is 3. The van der Waals surface area contributed by atoms with Crippen molar-refractivity contribution in [2.24, 2.45) is 0 Å². The van der Waals surface area contributed by atoms with Crippen molar-refractivity contribution in [1.29, 1.82) is 0 Å². The van der Waals surface area contributed by atoms with Crippen LogP contribution in [0.5, 0.6) is 0 Å². The number of hydrogen-bond donors (Lipinski definition) is 2. The van der Waals surface area contributed by atoms with E-state index in [2.05, 4.69) is 15.6 Å². The van der Waals surface area contributed by atoms with Gasteiger partial charge in [0.05, 0.1) is 22.9 Å². The largest absolute Gasteiger partial charge is 0.326 e. The molecule has 0 atom stereocenters. The Labute approximate surface area is 145 Å². The number of anilines is 2. The molecule has 0 aliphatic heterocycles. The first-order valence-corrected chi connectivity index (χ1v) is 7.90. The number of hydrogen-bond acceptors (Lipinski definition) is 3. The third kappa shape index (κ3) is 4.96. The van der Waals surface area contributed by atoms with Gasteiger partial charge in [-0.25, -0.2) is 4.79 Å². The van der Waals surface area contributed by atoms with Crippen LogP contribution in [0.2, 0.25) is 5.02 Å². The second-order valence-corrected chi connectivity index (χ2v) is 5.55. The van der Waals surface area contributed by atoms with E-state index >= 15 is 0 Å². The first kappa shape index (κ1) is 17.7. The smallest absolute Gasteiger partial charge is 0.322 e. The number of aromatic nitrogens is 1. The zero-order valence-corrected chi connectivity index (χ0v) is 14.3. The summed E-state index contributed by atoms with van der Waals surface area (Å²) in [5.74, 6) is -0.185. The molecule has 2 rings (SSSR count). The Bertz CT molecular complexity index is 722. The molecule has 6 nitrogen and oxygen atoms in total. The van der Waals surface area contributed by atoms with Crippen LogP contribution in [0.3, 0.4) is 0 Å². The lowest BCUT2D eigenvalue weighted by Gasteiger charge is -2.21. The van der Waals surface area contributed by atoms with E-state index in [0.29, 0.717) is 29.5 Å². The van der Waals surface area contributed by atoms with E-state index in [0.717, 1.165) is 5.69 Å². The van der Waals surface area contributed by atoms with Crippen LogP contribution < -0.4 is 10.6 Å². The summed E-state index contributed by atoms with van der Waals surface area (Å²) in [6.07, 6.45) is 1.69. The maximum atomic E-state index is 12.4. The summed E-state index contributed by atoms with van der Waals surface area (Å²) in [5.41, 5.74) is 1.86. The van der Waals surface area contributed by atoms with Gasteiger partial charge in [-0.2, -0.15) is 0 Å². The Balaban J connectivity index is 2.05. The molecule has 2 N–H and O–H groups in total. The lowest BCUT2D eigenvalue weighted by atomic mass is 10.2. The molecule has 126 valence electrons. The van der Waals surface area contributed by atoms with Crippen LogP contribution >= 0.6 is 11.6 Å². The summed E-state index contributed by atoms with van der Waals surface area (Å²) >= 11 is 6.17. The topological polar surface area (TPSA) is 74.3 Å². The first-order chi connectivity index (χ1) is 11.5.